The van der Waals surface area contributed by atoms with Crippen molar-refractivity contribution in [1.82, 2.24) is 15.1 Å². The number of nitrogens with one attached hydrogen (secondary N) is 2. The van der Waals surface area contributed by atoms with Gasteiger partial charge in [-0.25, -0.2) is 0 Å². The SMILES string of the molecule is NC(=O)C1CCN(CCC(=O)Nc2cccc(C(=O)NCCN3CCCCC3)c2)CC1. The summed E-state index contributed by atoms with van der Waals surface area (Å²) in [6, 6.07) is 7.05. The fourth-order valence-corrected chi connectivity index (χ4v) is 4.28. The highest BCUT2D eigenvalue weighted by Crippen LogP contribution is 2.17. The van der Waals surface area contributed by atoms with Crippen molar-refractivity contribution in [1.29, 1.82) is 0 Å². The van der Waals surface area contributed by atoms with E-state index in [9.17, 15) is 14.4 Å². The standard InChI is InChI=1S/C23H35N5O3/c24-22(30)18-7-13-28(14-8-18)15-9-21(29)26-20-6-4-5-19(17-20)23(31)25-10-16-27-11-2-1-3-12-27/h4-6,17-18H,1-3,7-16H2,(H2,24,30)(H,25,31)(H,26,29). The molecule has 4 N–H and O–H groups in total. The van der Waals surface area contributed by atoms with Gasteiger partial charge in [-0.15, -0.1) is 0 Å². The minimum Gasteiger partial charge on any atom is -0.369 e. The van der Waals surface area contributed by atoms with E-state index >= 15 is 0 Å². The Morgan fingerprint density at radius 3 is 2.39 bits per heavy atom. The second kappa shape index (κ2) is 11.8. The van der Waals surface area contributed by atoms with E-state index in [1.165, 1.54) is 19.3 Å². The number of piperidine rings is 2. The molecule has 8 heteroatoms. The van der Waals surface area contributed by atoms with Crippen molar-refractivity contribution >= 4 is 23.4 Å². The number of amides is 3. The molecule has 1 aromatic carbocycles. The molecular weight excluding hydrogens is 394 g/mol. The Kier molecular flexibility index (Phi) is 8.85. The molecule has 0 aromatic heterocycles. The summed E-state index contributed by atoms with van der Waals surface area (Å²) >= 11 is 0. The van der Waals surface area contributed by atoms with Crippen LogP contribution in [0.1, 0.15) is 48.9 Å². The smallest absolute Gasteiger partial charge is 0.251 e. The van der Waals surface area contributed by atoms with Gasteiger partial charge in [0, 0.05) is 43.2 Å². The predicted molar refractivity (Wildman–Crippen MR) is 121 cm³/mol. The van der Waals surface area contributed by atoms with Crippen LogP contribution in [-0.4, -0.2) is 73.3 Å². The first-order valence-corrected chi connectivity index (χ1v) is 11.4. The van der Waals surface area contributed by atoms with E-state index < -0.39 is 0 Å². The molecule has 2 aliphatic rings. The first kappa shape index (κ1) is 23.2. The number of carbonyl (C=O) groups excluding carboxylic acids is 3. The zero-order valence-corrected chi connectivity index (χ0v) is 18.3. The predicted octanol–water partition coefficient (Wildman–Crippen LogP) is 1.43. The first-order chi connectivity index (χ1) is 15.0. The van der Waals surface area contributed by atoms with Crippen molar-refractivity contribution in [2.45, 2.75) is 38.5 Å². The van der Waals surface area contributed by atoms with Crippen molar-refractivity contribution in [3.63, 3.8) is 0 Å². The summed E-state index contributed by atoms with van der Waals surface area (Å²) in [5, 5.41) is 5.86. The summed E-state index contributed by atoms with van der Waals surface area (Å²) in [6.45, 7) is 5.94. The minimum atomic E-state index is -0.229. The number of anilines is 1. The number of primary amides is 1. The van der Waals surface area contributed by atoms with Crippen LogP contribution in [-0.2, 0) is 9.59 Å². The Labute approximate surface area is 184 Å². The molecule has 31 heavy (non-hydrogen) atoms. The van der Waals surface area contributed by atoms with Crippen molar-refractivity contribution in [3.05, 3.63) is 29.8 Å². The van der Waals surface area contributed by atoms with Gasteiger partial charge in [0.25, 0.3) is 5.91 Å². The van der Waals surface area contributed by atoms with Crippen LogP contribution in [0.15, 0.2) is 24.3 Å². The second-order valence-electron chi connectivity index (χ2n) is 8.56. The molecule has 2 heterocycles. The maximum atomic E-state index is 12.4. The lowest BCUT2D eigenvalue weighted by molar-refractivity contribution is -0.123. The summed E-state index contributed by atoms with van der Waals surface area (Å²) in [5.74, 6) is -0.475. The fraction of sp³-hybridized carbons (Fsp3) is 0.609. The van der Waals surface area contributed by atoms with Gasteiger partial charge < -0.3 is 26.2 Å². The molecular formula is C23H35N5O3. The van der Waals surface area contributed by atoms with Gasteiger partial charge in [-0.1, -0.05) is 12.5 Å². The molecule has 1 aromatic rings. The molecule has 3 amide bonds. The largest absolute Gasteiger partial charge is 0.369 e. The third kappa shape index (κ3) is 7.63. The van der Waals surface area contributed by atoms with Gasteiger partial charge in [-0.2, -0.15) is 0 Å². The highest BCUT2D eigenvalue weighted by atomic mass is 16.2. The van der Waals surface area contributed by atoms with Crippen LogP contribution in [0.4, 0.5) is 5.69 Å². The Morgan fingerprint density at radius 1 is 0.968 bits per heavy atom. The highest BCUT2D eigenvalue weighted by molar-refractivity contribution is 5.97. The number of hydrogen-bond acceptors (Lipinski definition) is 5. The Bertz CT molecular complexity index is 755. The number of benzene rings is 1. The van der Waals surface area contributed by atoms with E-state index in [2.05, 4.69) is 20.4 Å². The maximum Gasteiger partial charge on any atom is 0.251 e. The molecule has 0 bridgehead atoms. The fourth-order valence-electron chi connectivity index (χ4n) is 4.28. The Hall–Kier alpha value is -2.45. The van der Waals surface area contributed by atoms with E-state index in [1.807, 2.05) is 0 Å². The summed E-state index contributed by atoms with van der Waals surface area (Å²) in [4.78, 5) is 40.6. The van der Waals surface area contributed by atoms with E-state index in [0.717, 1.165) is 45.6 Å². The van der Waals surface area contributed by atoms with Crippen LogP contribution in [0.5, 0.6) is 0 Å². The van der Waals surface area contributed by atoms with Gasteiger partial charge in [0.15, 0.2) is 0 Å². The average Bonchev–Trinajstić information content (AvgIpc) is 2.79. The molecule has 2 fully saturated rings. The lowest BCUT2D eigenvalue weighted by Gasteiger charge is -2.30. The van der Waals surface area contributed by atoms with Crippen LogP contribution < -0.4 is 16.4 Å². The molecule has 2 saturated heterocycles. The van der Waals surface area contributed by atoms with E-state index in [0.29, 0.717) is 30.8 Å². The van der Waals surface area contributed by atoms with E-state index in [-0.39, 0.29) is 23.6 Å². The van der Waals surface area contributed by atoms with Gasteiger partial charge in [0.1, 0.15) is 0 Å². The van der Waals surface area contributed by atoms with Crippen LogP contribution in [0.3, 0.4) is 0 Å². The van der Waals surface area contributed by atoms with Gasteiger partial charge in [0.2, 0.25) is 11.8 Å². The molecule has 2 aliphatic heterocycles. The Balaban J connectivity index is 1.38. The zero-order valence-electron chi connectivity index (χ0n) is 18.3. The van der Waals surface area contributed by atoms with Crippen LogP contribution in [0.2, 0.25) is 0 Å². The van der Waals surface area contributed by atoms with Crippen molar-refractivity contribution in [3.8, 4) is 0 Å². The molecule has 8 nitrogen and oxygen atoms in total. The highest BCUT2D eigenvalue weighted by Gasteiger charge is 2.23. The molecule has 0 unspecified atom stereocenters. The number of likely N-dealkylation sites (tertiary alicyclic amines) is 2. The number of hydrogen-bond donors (Lipinski definition) is 3. The molecule has 0 atom stereocenters. The summed E-state index contributed by atoms with van der Waals surface area (Å²) in [7, 11) is 0. The molecule has 170 valence electrons. The first-order valence-electron chi connectivity index (χ1n) is 11.4. The monoisotopic (exact) mass is 429 g/mol. The molecule has 0 aliphatic carbocycles. The summed E-state index contributed by atoms with van der Waals surface area (Å²) in [6.07, 6.45) is 5.66. The number of carbonyl (C=O) groups is 3. The number of nitrogens with zero attached hydrogens (tertiary/aromatic N) is 2. The Morgan fingerprint density at radius 2 is 1.68 bits per heavy atom. The summed E-state index contributed by atoms with van der Waals surface area (Å²) in [5.41, 5.74) is 6.54. The van der Waals surface area contributed by atoms with Gasteiger partial charge in [0.05, 0.1) is 0 Å². The third-order valence-electron chi connectivity index (χ3n) is 6.22. The lowest BCUT2D eigenvalue weighted by atomic mass is 9.96. The van der Waals surface area contributed by atoms with Crippen LogP contribution >= 0.6 is 0 Å². The number of nitrogens with two attached hydrogens (primary N) is 1. The topological polar surface area (TPSA) is 108 Å². The second-order valence-corrected chi connectivity index (χ2v) is 8.56. The van der Waals surface area contributed by atoms with Crippen LogP contribution in [0.25, 0.3) is 0 Å². The maximum absolute atomic E-state index is 12.4. The van der Waals surface area contributed by atoms with E-state index in [1.54, 1.807) is 24.3 Å². The number of rotatable bonds is 9. The van der Waals surface area contributed by atoms with E-state index in [4.69, 9.17) is 5.73 Å². The molecule has 3 rings (SSSR count). The van der Waals surface area contributed by atoms with Crippen LogP contribution in [0, 0.1) is 5.92 Å². The van der Waals surface area contributed by atoms with Crippen molar-refractivity contribution < 1.29 is 14.4 Å². The zero-order chi connectivity index (χ0) is 22.1. The average molecular weight is 430 g/mol. The summed E-state index contributed by atoms with van der Waals surface area (Å²) < 4.78 is 0. The third-order valence-corrected chi connectivity index (χ3v) is 6.22. The van der Waals surface area contributed by atoms with Gasteiger partial charge >= 0.3 is 0 Å². The van der Waals surface area contributed by atoms with Crippen molar-refractivity contribution in [2.24, 2.45) is 11.7 Å². The van der Waals surface area contributed by atoms with Gasteiger partial charge in [-0.3, -0.25) is 14.4 Å². The molecule has 0 spiro atoms. The van der Waals surface area contributed by atoms with Crippen molar-refractivity contribution in [2.75, 3.05) is 51.1 Å². The normalized spacial score (nSPS) is 18.5. The lowest BCUT2D eigenvalue weighted by Crippen LogP contribution is -2.39. The molecule has 0 saturated carbocycles. The quantitative estimate of drug-likeness (QED) is 0.550. The molecule has 0 radical (unpaired) electrons. The minimum absolute atomic E-state index is 0.0428. The van der Waals surface area contributed by atoms with Gasteiger partial charge in [-0.05, 0) is 70.1 Å².